The van der Waals surface area contributed by atoms with E-state index < -0.39 is 14.2 Å². The van der Waals surface area contributed by atoms with Crippen LogP contribution in [0, 0.1) is 5.92 Å². The zero-order valence-corrected chi connectivity index (χ0v) is 18.4. The van der Waals surface area contributed by atoms with Gasteiger partial charge in [-0.1, -0.05) is 19.6 Å². The van der Waals surface area contributed by atoms with Crippen molar-refractivity contribution in [3.63, 3.8) is 0 Å². The summed E-state index contributed by atoms with van der Waals surface area (Å²) in [4.78, 5) is 47.5. The summed E-state index contributed by atoms with van der Waals surface area (Å²) >= 11 is 0. The zero-order valence-electron chi connectivity index (χ0n) is 17.4. The van der Waals surface area contributed by atoms with Crippen LogP contribution in [0.15, 0.2) is 6.20 Å². The first-order valence-corrected chi connectivity index (χ1v) is 13.8. The molecule has 10 nitrogen and oxygen atoms in total. The van der Waals surface area contributed by atoms with Gasteiger partial charge in [0.2, 0.25) is 5.82 Å². The molecule has 2 fully saturated rings. The number of Topliss-reactive ketones (excluding diaryl/α,β-unsaturated/α-hetero) is 1. The van der Waals surface area contributed by atoms with Gasteiger partial charge in [0.05, 0.1) is 12.7 Å². The van der Waals surface area contributed by atoms with Crippen LogP contribution < -0.4 is 14.5 Å². The smallest absolute Gasteiger partial charge is 0.416 e. The number of amides is 2. The average Bonchev–Trinajstić information content (AvgIpc) is 3.04. The minimum atomic E-state index is -1.25. The van der Waals surface area contributed by atoms with Crippen molar-refractivity contribution in [3.8, 4) is 5.88 Å². The minimum absolute atomic E-state index is 0.0507. The Labute approximate surface area is 175 Å². The van der Waals surface area contributed by atoms with Crippen LogP contribution in [-0.2, 0) is 19.1 Å². The van der Waals surface area contributed by atoms with Crippen LogP contribution in [0.3, 0.4) is 0 Å². The molecule has 0 aromatic carbocycles. The molecule has 11 heteroatoms. The quantitative estimate of drug-likeness (QED) is 0.472. The first kappa shape index (κ1) is 20.7. The summed E-state index contributed by atoms with van der Waals surface area (Å²) in [5.74, 6) is 0.684. The van der Waals surface area contributed by atoms with Gasteiger partial charge in [0.1, 0.15) is 18.6 Å². The molecule has 1 unspecified atom stereocenters. The maximum atomic E-state index is 12.4. The number of rotatable bonds is 7. The van der Waals surface area contributed by atoms with Gasteiger partial charge in [0, 0.05) is 33.4 Å². The molecule has 2 aliphatic heterocycles. The third kappa shape index (κ3) is 4.31. The second-order valence-electron chi connectivity index (χ2n) is 9.06. The molecule has 0 radical (unpaired) electrons. The summed E-state index contributed by atoms with van der Waals surface area (Å²) in [5.41, 5.74) is 0. The maximum absolute atomic E-state index is 12.4. The molecule has 0 spiro atoms. The molecule has 4 rings (SSSR count). The third-order valence-electron chi connectivity index (χ3n) is 5.43. The summed E-state index contributed by atoms with van der Waals surface area (Å²) in [6.45, 7) is 7.54. The molecule has 0 bridgehead atoms. The van der Waals surface area contributed by atoms with E-state index in [-0.39, 0.29) is 54.6 Å². The van der Waals surface area contributed by atoms with Crippen LogP contribution in [0.4, 0.5) is 16.4 Å². The number of hydrogen-bond acceptors (Lipinski definition) is 8. The fraction of sp³-hybridized carbons (Fsp3) is 0.632. The van der Waals surface area contributed by atoms with E-state index in [2.05, 4.69) is 29.6 Å². The second kappa shape index (κ2) is 7.95. The lowest BCUT2D eigenvalue weighted by Gasteiger charge is -2.29. The molecule has 3 heterocycles. The molecule has 0 N–H and O–H groups in total. The van der Waals surface area contributed by atoms with Crippen molar-refractivity contribution in [2.24, 2.45) is 5.92 Å². The van der Waals surface area contributed by atoms with Crippen LogP contribution >= 0.6 is 0 Å². The number of carbonyl (C=O) groups excluding carboxylic acids is 3. The lowest BCUT2D eigenvalue weighted by molar-refractivity contribution is -0.129. The predicted octanol–water partition coefficient (Wildman–Crippen LogP) is 1.82. The summed E-state index contributed by atoms with van der Waals surface area (Å²) in [5, 5.41) is 0. The molecular formula is C19H26N4O6Si. The van der Waals surface area contributed by atoms with Crippen molar-refractivity contribution in [1.29, 1.82) is 0 Å². The number of hydrogen-bond donors (Lipinski definition) is 0. The number of nitrogens with zero attached hydrogens (tertiary/aromatic N) is 4. The van der Waals surface area contributed by atoms with Crippen molar-refractivity contribution >= 4 is 37.5 Å². The summed E-state index contributed by atoms with van der Waals surface area (Å²) in [6.07, 6.45) is 1.43. The van der Waals surface area contributed by atoms with Gasteiger partial charge in [-0.2, -0.15) is 0 Å². The van der Waals surface area contributed by atoms with Gasteiger partial charge in [-0.3, -0.25) is 19.4 Å². The molecule has 1 aliphatic carbocycles. The number of carbonyl (C=O) groups is 3. The lowest BCUT2D eigenvalue weighted by Crippen LogP contribution is -2.42. The van der Waals surface area contributed by atoms with E-state index >= 15 is 0 Å². The van der Waals surface area contributed by atoms with Crippen molar-refractivity contribution < 1.29 is 28.6 Å². The maximum Gasteiger partial charge on any atom is 0.416 e. The van der Waals surface area contributed by atoms with Crippen molar-refractivity contribution in [1.82, 2.24) is 9.97 Å². The first-order chi connectivity index (χ1) is 14.2. The Bertz CT molecular complexity index is 865. The van der Waals surface area contributed by atoms with Gasteiger partial charge >= 0.3 is 6.09 Å². The molecule has 1 atom stereocenters. The van der Waals surface area contributed by atoms with E-state index in [4.69, 9.17) is 14.2 Å². The molecule has 1 saturated carbocycles. The standard InChI is InChI=1S/C19H26N4O6Si/c1-30(2,3)5-4-27-11-23-16(25)10-28-18-17(23)21-15(8-20-18)22-9-14(29-19(22)26)12-6-13(24)7-12/h8,12,14H,4-7,9-11H2,1-3H3. The normalized spacial score (nSPS) is 22.0. The Morgan fingerprint density at radius 1 is 1.23 bits per heavy atom. The molecule has 162 valence electrons. The second-order valence-corrected chi connectivity index (χ2v) is 14.7. The van der Waals surface area contributed by atoms with Crippen molar-refractivity contribution in [3.05, 3.63) is 6.20 Å². The highest BCUT2D eigenvalue weighted by Crippen LogP contribution is 2.35. The Hall–Kier alpha value is -2.53. The topological polar surface area (TPSA) is 111 Å². The lowest BCUT2D eigenvalue weighted by atomic mass is 9.80. The summed E-state index contributed by atoms with van der Waals surface area (Å²) < 4.78 is 16.5. The van der Waals surface area contributed by atoms with E-state index in [0.29, 0.717) is 26.0 Å². The number of anilines is 2. The molecular weight excluding hydrogens is 408 g/mol. The fourth-order valence-electron chi connectivity index (χ4n) is 3.47. The number of aromatic nitrogens is 2. The number of fused-ring (bicyclic) bond motifs is 1. The molecule has 1 saturated heterocycles. The average molecular weight is 435 g/mol. The fourth-order valence-corrected chi connectivity index (χ4v) is 4.22. The first-order valence-electron chi connectivity index (χ1n) is 10.1. The van der Waals surface area contributed by atoms with Crippen LogP contribution in [0.2, 0.25) is 25.7 Å². The molecule has 1 aromatic rings. The molecule has 2 amide bonds. The van der Waals surface area contributed by atoms with Gasteiger partial charge in [-0.05, 0) is 6.04 Å². The monoisotopic (exact) mass is 434 g/mol. The third-order valence-corrected chi connectivity index (χ3v) is 7.14. The highest BCUT2D eigenvalue weighted by Gasteiger charge is 2.43. The van der Waals surface area contributed by atoms with Gasteiger partial charge in [-0.15, -0.1) is 0 Å². The van der Waals surface area contributed by atoms with Crippen LogP contribution in [-0.4, -0.2) is 68.4 Å². The van der Waals surface area contributed by atoms with Crippen LogP contribution in [0.5, 0.6) is 5.88 Å². The van der Waals surface area contributed by atoms with Crippen LogP contribution in [0.25, 0.3) is 0 Å². The Morgan fingerprint density at radius 3 is 2.70 bits per heavy atom. The van der Waals surface area contributed by atoms with Gasteiger partial charge in [0.15, 0.2) is 12.4 Å². The zero-order chi connectivity index (χ0) is 21.5. The van der Waals surface area contributed by atoms with E-state index in [1.807, 2.05) is 0 Å². The van der Waals surface area contributed by atoms with E-state index in [0.717, 1.165) is 6.04 Å². The highest BCUT2D eigenvalue weighted by atomic mass is 28.3. The Balaban J connectivity index is 1.47. The molecule has 3 aliphatic rings. The van der Waals surface area contributed by atoms with Crippen LogP contribution in [0.1, 0.15) is 12.8 Å². The largest absolute Gasteiger partial charge is 0.465 e. The number of ether oxygens (including phenoxy) is 3. The summed E-state index contributed by atoms with van der Waals surface area (Å²) in [6, 6.07) is 0.981. The Morgan fingerprint density at radius 2 is 2.00 bits per heavy atom. The Kier molecular flexibility index (Phi) is 5.49. The summed E-state index contributed by atoms with van der Waals surface area (Å²) in [7, 11) is -1.25. The molecule has 30 heavy (non-hydrogen) atoms. The number of cyclic esters (lactones) is 1. The van der Waals surface area contributed by atoms with E-state index in [1.165, 1.54) is 16.0 Å². The SMILES string of the molecule is C[Si](C)(C)CCOCN1C(=O)COc2ncc(N3CC(C4CC(=O)C4)OC3=O)nc21. The van der Waals surface area contributed by atoms with Gasteiger partial charge in [-0.25, -0.2) is 14.8 Å². The van der Waals surface area contributed by atoms with Gasteiger partial charge in [0.25, 0.3) is 11.8 Å². The van der Waals surface area contributed by atoms with E-state index in [1.54, 1.807) is 0 Å². The molecule has 1 aromatic heterocycles. The predicted molar refractivity (Wildman–Crippen MR) is 109 cm³/mol. The van der Waals surface area contributed by atoms with Gasteiger partial charge < -0.3 is 14.2 Å². The highest BCUT2D eigenvalue weighted by molar-refractivity contribution is 6.76. The number of ketones is 1. The minimum Gasteiger partial charge on any atom is -0.465 e. The van der Waals surface area contributed by atoms with Crippen molar-refractivity contribution in [2.75, 3.05) is 36.3 Å². The van der Waals surface area contributed by atoms with E-state index in [9.17, 15) is 14.4 Å². The van der Waals surface area contributed by atoms with Crippen molar-refractivity contribution in [2.45, 2.75) is 44.6 Å².